The van der Waals surface area contributed by atoms with Crippen molar-refractivity contribution < 1.29 is 4.74 Å². The molecule has 0 aromatic heterocycles. The van der Waals surface area contributed by atoms with Gasteiger partial charge in [-0.05, 0) is 25.7 Å². The monoisotopic (exact) mass is 228 g/mol. The van der Waals surface area contributed by atoms with Crippen LogP contribution in [0.15, 0.2) is 0 Å². The van der Waals surface area contributed by atoms with E-state index in [9.17, 15) is 0 Å². The van der Waals surface area contributed by atoms with Gasteiger partial charge in [0, 0.05) is 31.8 Å². The van der Waals surface area contributed by atoms with Crippen LogP contribution >= 0.6 is 0 Å². The molecule has 1 rings (SSSR count). The van der Waals surface area contributed by atoms with Gasteiger partial charge in [-0.1, -0.05) is 20.3 Å². The Morgan fingerprint density at radius 2 is 2.12 bits per heavy atom. The molecule has 2 atom stereocenters. The molecule has 2 N–H and O–H groups in total. The van der Waals surface area contributed by atoms with Gasteiger partial charge in [0.15, 0.2) is 0 Å². The number of likely N-dealkylation sites (tertiary alicyclic amines) is 1. The van der Waals surface area contributed by atoms with Crippen molar-refractivity contribution in [1.29, 1.82) is 0 Å². The van der Waals surface area contributed by atoms with E-state index >= 15 is 0 Å². The fourth-order valence-corrected chi connectivity index (χ4v) is 2.49. The summed E-state index contributed by atoms with van der Waals surface area (Å²) in [5.74, 6) is 0.629. The molecule has 0 saturated carbocycles. The maximum Gasteiger partial charge on any atom is 0.0593 e. The first-order valence-corrected chi connectivity index (χ1v) is 6.68. The van der Waals surface area contributed by atoms with Crippen molar-refractivity contribution in [1.82, 2.24) is 4.90 Å². The Hall–Kier alpha value is -0.120. The number of hydrogen-bond donors (Lipinski definition) is 1. The first-order chi connectivity index (χ1) is 7.65. The maximum absolute atomic E-state index is 5.83. The van der Waals surface area contributed by atoms with Gasteiger partial charge in [0.25, 0.3) is 0 Å². The molecule has 1 aliphatic rings. The molecule has 96 valence electrons. The molecule has 1 fully saturated rings. The SMILES string of the molecule is CC(C)COCCN1C(C)CCCC1CN. The second-order valence-electron chi connectivity index (χ2n) is 5.38. The molecule has 3 nitrogen and oxygen atoms in total. The van der Waals surface area contributed by atoms with Crippen LogP contribution in [0, 0.1) is 5.92 Å². The van der Waals surface area contributed by atoms with Crippen molar-refractivity contribution in [2.24, 2.45) is 11.7 Å². The minimum atomic E-state index is 0.575. The summed E-state index contributed by atoms with van der Waals surface area (Å²) in [6, 6.07) is 1.25. The van der Waals surface area contributed by atoms with E-state index in [4.69, 9.17) is 10.5 Å². The van der Waals surface area contributed by atoms with Gasteiger partial charge in [0.2, 0.25) is 0 Å². The normalized spacial score (nSPS) is 27.6. The summed E-state index contributed by atoms with van der Waals surface area (Å²) in [7, 11) is 0. The fraction of sp³-hybridized carbons (Fsp3) is 1.00. The standard InChI is InChI=1S/C13H28N2O/c1-11(2)10-16-8-7-15-12(3)5-4-6-13(15)9-14/h11-13H,4-10,14H2,1-3H3. The second kappa shape index (κ2) is 7.25. The average molecular weight is 228 g/mol. The highest BCUT2D eigenvalue weighted by molar-refractivity contribution is 4.82. The second-order valence-corrected chi connectivity index (χ2v) is 5.38. The van der Waals surface area contributed by atoms with E-state index < -0.39 is 0 Å². The third kappa shape index (κ3) is 4.40. The summed E-state index contributed by atoms with van der Waals surface area (Å²) < 4.78 is 5.66. The smallest absolute Gasteiger partial charge is 0.0593 e. The Morgan fingerprint density at radius 3 is 2.75 bits per heavy atom. The third-order valence-electron chi connectivity index (χ3n) is 3.41. The van der Waals surface area contributed by atoms with Crippen LogP contribution in [0.4, 0.5) is 0 Å². The van der Waals surface area contributed by atoms with Gasteiger partial charge in [-0.15, -0.1) is 0 Å². The van der Waals surface area contributed by atoms with Gasteiger partial charge >= 0.3 is 0 Å². The first-order valence-electron chi connectivity index (χ1n) is 6.68. The molecular formula is C13H28N2O. The van der Waals surface area contributed by atoms with Crippen LogP contribution in [0.25, 0.3) is 0 Å². The largest absolute Gasteiger partial charge is 0.380 e. The Balaban J connectivity index is 2.25. The number of rotatable bonds is 6. The number of ether oxygens (including phenoxy) is 1. The molecule has 3 heteroatoms. The predicted molar refractivity (Wildman–Crippen MR) is 68.5 cm³/mol. The quantitative estimate of drug-likeness (QED) is 0.705. The molecule has 0 bridgehead atoms. The van der Waals surface area contributed by atoms with Crippen molar-refractivity contribution in [3.63, 3.8) is 0 Å². The number of hydrogen-bond acceptors (Lipinski definition) is 3. The zero-order valence-electron chi connectivity index (χ0n) is 11.1. The summed E-state index contributed by atoms with van der Waals surface area (Å²) in [6.07, 6.45) is 3.89. The van der Waals surface area contributed by atoms with Gasteiger partial charge in [-0.25, -0.2) is 0 Å². The third-order valence-corrected chi connectivity index (χ3v) is 3.41. The molecule has 0 amide bonds. The Morgan fingerprint density at radius 1 is 1.38 bits per heavy atom. The zero-order chi connectivity index (χ0) is 12.0. The van der Waals surface area contributed by atoms with E-state index in [2.05, 4.69) is 25.7 Å². The molecule has 0 aliphatic carbocycles. The minimum Gasteiger partial charge on any atom is -0.380 e. The van der Waals surface area contributed by atoms with E-state index in [1.165, 1.54) is 19.3 Å². The average Bonchev–Trinajstić information content (AvgIpc) is 2.25. The van der Waals surface area contributed by atoms with Crippen LogP contribution in [-0.2, 0) is 4.74 Å². The van der Waals surface area contributed by atoms with Crippen LogP contribution in [0.3, 0.4) is 0 Å². The van der Waals surface area contributed by atoms with Gasteiger partial charge in [0.05, 0.1) is 6.61 Å². The molecule has 2 unspecified atom stereocenters. The van der Waals surface area contributed by atoms with Crippen LogP contribution < -0.4 is 5.73 Å². The van der Waals surface area contributed by atoms with Crippen LogP contribution in [0.2, 0.25) is 0 Å². The number of nitrogens with two attached hydrogens (primary N) is 1. The molecule has 0 spiro atoms. The van der Waals surface area contributed by atoms with Gasteiger partial charge < -0.3 is 10.5 Å². The first kappa shape index (κ1) is 13.9. The van der Waals surface area contributed by atoms with Crippen LogP contribution in [-0.4, -0.2) is 43.3 Å². The van der Waals surface area contributed by atoms with Gasteiger partial charge in [-0.3, -0.25) is 4.90 Å². The molecular weight excluding hydrogens is 200 g/mol. The van der Waals surface area contributed by atoms with Crippen molar-refractivity contribution in [2.75, 3.05) is 26.3 Å². The fourth-order valence-electron chi connectivity index (χ4n) is 2.49. The molecule has 0 radical (unpaired) electrons. The summed E-state index contributed by atoms with van der Waals surface area (Å²) in [4.78, 5) is 2.53. The lowest BCUT2D eigenvalue weighted by Crippen LogP contribution is -2.50. The van der Waals surface area contributed by atoms with E-state index in [0.29, 0.717) is 18.0 Å². The Labute approximate surface area is 100 Å². The van der Waals surface area contributed by atoms with Crippen LogP contribution in [0.1, 0.15) is 40.0 Å². The van der Waals surface area contributed by atoms with Crippen molar-refractivity contribution in [3.05, 3.63) is 0 Å². The van der Waals surface area contributed by atoms with Gasteiger partial charge in [0.1, 0.15) is 0 Å². The number of piperidine rings is 1. The minimum absolute atomic E-state index is 0.575. The van der Waals surface area contributed by atoms with E-state index in [1.807, 2.05) is 0 Å². The van der Waals surface area contributed by atoms with Crippen molar-refractivity contribution in [3.8, 4) is 0 Å². The summed E-state index contributed by atoms with van der Waals surface area (Å²) in [5.41, 5.74) is 5.83. The lowest BCUT2D eigenvalue weighted by atomic mass is 9.96. The van der Waals surface area contributed by atoms with E-state index in [-0.39, 0.29) is 0 Å². The highest BCUT2D eigenvalue weighted by Crippen LogP contribution is 2.21. The molecule has 16 heavy (non-hydrogen) atoms. The van der Waals surface area contributed by atoms with Gasteiger partial charge in [-0.2, -0.15) is 0 Å². The summed E-state index contributed by atoms with van der Waals surface area (Å²) >= 11 is 0. The van der Waals surface area contributed by atoms with E-state index in [0.717, 1.165) is 26.3 Å². The Bertz CT molecular complexity index is 185. The molecule has 1 heterocycles. The summed E-state index contributed by atoms with van der Waals surface area (Å²) in [6.45, 7) is 10.2. The predicted octanol–water partition coefficient (Wildman–Crippen LogP) is 1.86. The molecule has 0 aromatic rings. The molecule has 1 aliphatic heterocycles. The van der Waals surface area contributed by atoms with Crippen molar-refractivity contribution >= 4 is 0 Å². The summed E-state index contributed by atoms with van der Waals surface area (Å²) in [5, 5.41) is 0. The maximum atomic E-state index is 5.83. The highest BCUT2D eigenvalue weighted by atomic mass is 16.5. The van der Waals surface area contributed by atoms with Crippen LogP contribution in [0.5, 0.6) is 0 Å². The Kier molecular flexibility index (Phi) is 6.32. The molecule has 0 aromatic carbocycles. The highest BCUT2D eigenvalue weighted by Gasteiger charge is 2.26. The number of nitrogens with zero attached hydrogens (tertiary/aromatic N) is 1. The van der Waals surface area contributed by atoms with E-state index in [1.54, 1.807) is 0 Å². The topological polar surface area (TPSA) is 38.5 Å². The molecule has 1 saturated heterocycles. The van der Waals surface area contributed by atoms with Crippen molar-refractivity contribution in [2.45, 2.75) is 52.1 Å². The lowest BCUT2D eigenvalue weighted by molar-refractivity contribution is 0.0387. The zero-order valence-corrected chi connectivity index (χ0v) is 11.1. The lowest BCUT2D eigenvalue weighted by Gasteiger charge is -2.40.